The van der Waals surface area contributed by atoms with E-state index in [0.29, 0.717) is 22.5 Å². The molecule has 0 radical (unpaired) electrons. The van der Waals surface area contributed by atoms with Crippen LogP contribution in [-0.2, 0) is 6.18 Å². The zero-order valence-corrected chi connectivity index (χ0v) is 13.2. The van der Waals surface area contributed by atoms with E-state index in [4.69, 9.17) is 10.5 Å². The van der Waals surface area contributed by atoms with Gasteiger partial charge in [0.2, 0.25) is 5.88 Å². The molecule has 2 aromatic heterocycles. The second-order valence-corrected chi connectivity index (χ2v) is 5.80. The number of alkyl halides is 3. The molecule has 3 aromatic rings. The van der Waals surface area contributed by atoms with Crippen LogP contribution >= 0.6 is 0 Å². The predicted molar refractivity (Wildman–Crippen MR) is 85.9 cm³/mol. The van der Waals surface area contributed by atoms with Crippen molar-refractivity contribution < 1.29 is 17.9 Å². The second kappa shape index (κ2) is 5.52. The van der Waals surface area contributed by atoms with Gasteiger partial charge in [0.25, 0.3) is 0 Å². The average Bonchev–Trinajstić information content (AvgIpc) is 3.09. The van der Waals surface area contributed by atoms with Gasteiger partial charge in [-0.25, -0.2) is 4.98 Å². The summed E-state index contributed by atoms with van der Waals surface area (Å²) in [4.78, 5) is 4.22. The Bertz CT molecular complexity index is 1070. The third kappa shape index (κ3) is 2.37. The highest BCUT2D eigenvalue weighted by atomic mass is 19.4. The highest BCUT2D eigenvalue weighted by Crippen LogP contribution is 2.44. The van der Waals surface area contributed by atoms with E-state index in [0.717, 1.165) is 12.1 Å². The summed E-state index contributed by atoms with van der Waals surface area (Å²) < 4.78 is 45.8. The van der Waals surface area contributed by atoms with E-state index in [1.807, 2.05) is 6.07 Å². The van der Waals surface area contributed by atoms with E-state index >= 15 is 0 Å². The SMILES string of the molecule is N#CC1=C(N)Oc2c(ccn3ccnc23)C1c1ccc(C(F)(F)F)cc1. The molecule has 0 aliphatic carbocycles. The Morgan fingerprint density at radius 1 is 1.15 bits per heavy atom. The van der Waals surface area contributed by atoms with Gasteiger partial charge < -0.3 is 14.9 Å². The molecule has 1 aromatic carbocycles. The maximum atomic E-state index is 12.8. The van der Waals surface area contributed by atoms with Crippen LogP contribution in [-0.4, -0.2) is 9.38 Å². The van der Waals surface area contributed by atoms with Crippen molar-refractivity contribution in [1.82, 2.24) is 9.38 Å². The number of benzene rings is 1. The highest BCUT2D eigenvalue weighted by Gasteiger charge is 2.34. The maximum absolute atomic E-state index is 12.8. The van der Waals surface area contributed by atoms with Crippen molar-refractivity contribution in [2.24, 2.45) is 5.73 Å². The van der Waals surface area contributed by atoms with Gasteiger partial charge >= 0.3 is 6.18 Å². The molecule has 2 N–H and O–H groups in total. The topological polar surface area (TPSA) is 76.3 Å². The molecule has 0 amide bonds. The van der Waals surface area contributed by atoms with Crippen molar-refractivity contribution in [2.45, 2.75) is 12.1 Å². The molecule has 0 spiro atoms. The van der Waals surface area contributed by atoms with Crippen LogP contribution in [0.4, 0.5) is 13.2 Å². The molecule has 0 bridgehead atoms. The molecule has 0 fully saturated rings. The molecule has 8 heteroatoms. The molecular weight excluding hydrogens is 345 g/mol. The van der Waals surface area contributed by atoms with Crippen molar-refractivity contribution in [3.05, 3.63) is 77.1 Å². The fraction of sp³-hybridized carbons (Fsp3) is 0.111. The Morgan fingerprint density at radius 2 is 1.88 bits per heavy atom. The van der Waals surface area contributed by atoms with Gasteiger partial charge in [0.1, 0.15) is 11.6 Å². The first-order chi connectivity index (χ1) is 12.4. The third-order valence-corrected chi connectivity index (χ3v) is 4.32. The molecule has 1 atom stereocenters. The fourth-order valence-corrected chi connectivity index (χ4v) is 3.10. The molecule has 1 aliphatic rings. The van der Waals surface area contributed by atoms with Crippen molar-refractivity contribution in [3.8, 4) is 11.8 Å². The van der Waals surface area contributed by atoms with Gasteiger partial charge in [-0.1, -0.05) is 12.1 Å². The molecule has 26 heavy (non-hydrogen) atoms. The minimum absolute atomic E-state index is 0.0824. The molecule has 1 unspecified atom stereocenters. The zero-order chi connectivity index (χ0) is 18.5. The van der Waals surface area contributed by atoms with Crippen LogP contribution in [0.25, 0.3) is 5.65 Å². The number of fused-ring (bicyclic) bond motifs is 3. The number of ether oxygens (including phenoxy) is 1. The lowest BCUT2D eigenvalue weighted by Gasteiger charge is -2.26. The summed E-state index contributed by atoms with van der Waals surface area (Å²) in [6.45, 7) is 0. The Hall–Kier alpha value is -3.47. The number of nitriles is 1. The van der Waals surface area contributed by atoms with Crippen molar-refractivity contribution in [1.29, 1.82) is 5.26 Å². The van der Waals surface area contributed by atoms with Crippen LogP contribution in [0, 0.1) is 11.3 Å². The zero-order valence-electron chi connectivity index (χ0n) is 13.2. The Kier molecular flexibility index (Phi) is 3.40. The number of rotatable bonds is 1. The van der Waals surface area contributed by atoms with Crippen LogP contribution in [0.1, 0.15) is 22.6 Å². The van der Waals surface area contributed by atoms with Gasteiger partial charge in [-0.3, -0.25) is 0 Å². The van der Waals surface area contributed by atoms with Crippen molar-refractivity contribution in [2.75, 3.05) is 0 Å². The van der Waals surface area contributed by atoms with Gasteiger partial charge in [0, 0.05) is 24.2 Å². The van der Waals surface area contributed by atoms with Crippen LogP contribution in [0.2, 0.25) is 0 Å². The summed E-state index contributed by atoms with van der Waals surface area (Å²) in [7, 11) is 0. The minimum atomic E-state index is -4.43. The summed E-state index contributed by atoms with van der Waals surface area (Å²) in [6, 6.07) is 8.44. The molecule has 0 saturated heterocycles. The molecule has 3 heterocycles. The first-order valence-corrected chi connectivity index (χ1v) is 7.60. The first kappa shape index (κ1) is 16.0. The summed E-state index contributed by atoms with van der Waals surface area (Å²) in [5.41, 5.74) is 6.94. The number of pyridine rings is 1. The summed E-state index contributed by atoms with van der Waals surface area (Å²) in [5, 5.41) is 9.51. The quantitative estimate of drug-likeness (QED) is 0.723. The van der Waals surface area contributed by atoms with E-state index in [-0.39, 0.29) is 11.5 Å². The van der Waals surface area contributed by atoms with Crippen LogP contribution in [0.5, 0.6) is 5.75 Å². The lowest BCUT2D eigenvalue weighted by Crippen LogP contribution is -2.21. The lowest BCUT2D eigenvalue weighted by molar-refractivity contribution is -0.137. The van der Waals surface area contributed by atoms with Crippen molar-refractivity contribution >= 4 is 5.65 Å². The van der Waals surface area contributed by atoms with Gasteiger partial charge in [0.15, 0.2) is 11.4 Å². The number of imidazole rings is 1. The fourth-order valence-electron chi connectivity index (χ4n) is 3.10. The van der Waals surface area contributed by atoms with Gasteiger partial charge in [-0.05, 0) is 23.8 Å². The van der Waals surface area contributed by atoms with Crippen LogP contribution in [0.3, 0.4) is 0 Å². The monoisotopic (exact) mass is 356 g/mol. The summed E-state index contributed by atoms with van der Waals surface area (Å²) in [6.07, 6.45) is 0.636. The largest absolute Gasteiger partial charge is 0.436 e. The molecule has 1 aliphatic heterocycles. The molecule has 4 rings (SSSR count). The van der Waals surface area contributed by atoms with E-state index in [2.05, 4.69) is 4.98 Å². The highest BCUT2D eigenvalue weighted by molar-refractivity contribution is 5.65. The average molecular weight is 356 g/mol. The lowest BCUT2D eigenvalue weighted by atomic mass is 9.83. The smallest absolute Gasteiger partial charge is 0.416 e. The molecule has 0 saturated carbocycles. The Balaban J connectivity index is 1.90. The molecule has 130 valence electrons. The number of halogens is 3. The normalized spacial score (nSPS) is 16.9. The van der Waals surface area contributed by atoms with Crippen molar-refractivity contribution in [3.63, 3.8) is 0 Å². The van der Waals surface area contributed by atoms with E-state index in [1.54, 1.807) is 29.1 Å². The van der Waals surface area contributed by atoms with E-state index in [1.165, 1.54) is 12.1 Å². The molecule has 5 nitrogen and oxygen atoms in total. The van der Waals surface area contributed by atoms with Gasteiger partial charge in [0.05, 0.1) is 11.5 Å². The molecular formula is C18H11F3N4O. The van der Waals surface area contributed by atoms with Gasteiger partial charge in [-0.2, -0.15) is 18.4 Å². The van der Waals surface area contributed by atoms with Crippen LogP contribution in [0.15, 0.2) is 60.4 Å². The summed E-state index contributed by atoms with van der Waals surface area (Å²) in [5.74, 6) is -0.326. The third-order valence-electron chi connectivity index (χ3n) is 4.32. The summed E-state index contributed by atoms with van der Waals surface area (Å²) >= 11 is 0. The standard InChI is InChI=1S/C18H11F3N4O/c19-18(20,21)11-3-1-10(2-4-11)14-12-5-7-25-8-6-24-17(25)15(12)26-16(23)13(14)9-22/h1-8,14H,23H2. The number of hydrogen-bond donors (Lipinski definition) is 1. The number of nitrogens with zero attached hydrogens (tertiary/aromatic N) is 3. The number of allylic oxidation sites excluding steroid dienone is 1. The van der Waals surface area contributed by atoms with E-state index < -0.39 is 17.7 Å². The van der Waals surface area contributed by atoms with Crippen LogP contribution < -0.4 is 10.5 Å². The minimum Gasteiger partial charge on any atom is -0.436 e. The number of nitrogens with two attached hydrogens (primary N) is 1. The Labute approximate surface area is 145 Å². The van der Waals surface area contributed by atoms with E-state index in [9.17, 15) is 18.4 Å². The maximum Gasteiger partial charge on any atom is 0.416 e. The second-order valence-electron chi connectivity index (χ2n) is 5.80. The van der Waals surface area contributed by atoms with Gasteiger partial charge in [-0.15, -0.1) is 0 Å². The predicted octanol–water partition coefficient (Wildman–Crippen LogP) is 3.57. The number of aromatic nitrogens is 2. The Morgan fingerprint density at radius 3 is 2.54 bits per heavy atom. The number of hydrogen-bond acceptors (Lipinski definition) is 4. The first-order valence-electron chi connectivity index (χ1n) is 7.60.